The Labute approximate surface area is 157 Å². The number of anilines is 1. The average Bonchev–Trinajstić information content (AvgIpc) is 3.37. The summed E-state index contributed by atoms with van der Waals surface area (Å²) in [5.41, 5.74) is 1.97. The first kappa shape index (κ1) is 16.2. The van der Waals surface area contributed by atoms with Gasteiger partial charge in [-0.3, -0.25) is 9.59 Å². The van der Waals surface area contributed by atoms with Gasteiger partial charge in [-0.1, -0.05) is 30.3 Å². The van der Waals surface area contributed by atoms with E-state index >= 15 is 0 Å². The van der Waals surface area contributed by atoms with Crippen LogP contribution >= 0.6 is 0 Å². The number of carbonyl (C=O) groups excluding carboxylic acids is 2. The van der Waals surface area contributed by atoms with Crippen LogP contribution in [-0.2, 0) is 11.4 Å². The van der Waals surface area contributed by atoms with Gasteiger partial charge in [0.1, 0.15) is 12.6 Å². The van der Waals surface area contributed by atoms with E-state index in [9.17, 15) is 9.59 Å². The maximum Gasteiger partial charge on any atom is 0.257 e. The molecule has 3 atom stereocenters. The minimum absolute atomic E-state index is 0.105. The molecule has 1 saturated carbocycles. The summed E-state index contributed by atoms with van der Waals surface area (Å²) in [5.74, 6) is 1.23. The topological polar surface area (TPSA) is 67.9 Å². The number of rotatable bonds is 4. The fourth-order valence-electron chi connectivity index (χ4n) is 4.19. The number of hydrogen-bond donors (Lipinski definition) is 1. The van der Waals surface area contributed by atoms with Gasteiger partial charge in [0.05, 0.1) is 18.4 Å². The van der Waals surface area contributed by atoms with Crippen molar-refractivity contribution in [2.75, 3.05) is 12.4 Å². The lowest BCUT2D eigenvalue weighted by molar-refractivity contribution is -0.120. The number of methoxy groups -OCH3 is 1. The Balaban J connectivity index is 1.48. The molecular formula is C21H20N2O4. The van der Waals surface area contributed by atoms with E-state index in [-0.39, 0.29) is 23.9 Å². The van der Waals surface area contributed by atoms with Crippen molar-refractivity contribution in [1.29, 1.82) is 0 Å². The Kier molecular flexibility index (Phi) is 3.60. The summed E-state index contributed by atoms with van der Waals surface area (Å²) in [4.78, 5) is 27.5. The minimum atomic E-state index is -0.367. The van der Waals surface area contributed by atoms with E-state index in [1.54, 1.807) is 24.1 Å². The molecule has 2 amide bonds. The smallest absolute Gasteiger partial charge is 0.257 e. The second kappa shape index (κ2) is 6.01. The normalized spacial score (nSPS) is 25.1. The highest BCUT2D eigenvalue weighted by Gasteiger charge is 2.57. The van der Waals surface area contributed by atoms with Crippen molar-refractivity contribution < 1.29 is 19.1 Å². The van der Waals surface area contributed by atoms with Crippen molar-refractivity contribution in [1.82, 2.24) is 4.90 Å². The molecule has 0 bridgehead atoms. The molecule has 138 valence electrons. The Morgan fingerprint density at radius 1 is 1.11 bits per heavy atom. The molecule has 2 aromatic rings. The van der Waals surface area contributed by atoms with E-state index < -0.39 is 0 Å². The molecule has 3 aliphatic rings. The minimum Gasteiger partial charge on any atom is -0.493 e. The third kappa shape index (κ3) is 2.63. The van der Waals surface area contributed by atoms with E-state index in [4.69, 9.17) is 9.47 Å². The van der Waals surface area contributed by atoms with Crippen molar-refractivity contribution >= 4 is 17.5 Å². The summed E-state index contributed by atoms with van der Waals surface area (Å²) in [6.45, 7) is 0.371. The summed E-state index contributed by atoms with van der Waals surface area (Å²) in [5, 5.41) is 2.92. The number of amides is 2. The second-order valence-electron chi connectivity index (χ2n) is 7.34. The molecular weight excluding hydrogens is 344 g/mol. The Morgan fingerprint density at radius 3 is 2.70 bits per heavy atom. The summed E-state index contributed by atoms with van der Waals surface area (Å²) in [7, 11) is 1.55. The molecule has 2 fully saturated rings. The molecule has 2 aliphatic heterocycles. The number of ether oxygens (including phenoxy) is 2. The summed E-state index contributed by atoms with van der Waals surface area (Å²) in [6, 6.07) is 13.0. The zero-order valence-electron chi connectivity index (χ0n) is 15.0. The molecule has 6 heteroatoms. The van der Waals surface area contributed by atoms with Gasteiger partial charge in [-0.2, -0.15) is 0 Å². The molecule has 5 rings (SSSR count). The number of piperidine rings is 1. The molecule has 27 heavy (non-hydrogen) atoms. The van der Waals surface area contributed by atoms with E-state index in [0.717, 1.165) is 18.4 Å². The monoisotopic (exact) mass is 364 g/mol. The predicted molar refractivity (Wildman–Crippen MR) is 98.9 cm³/mol. The van der Waals surface area contributed by atoms with Gasteiger partial charge in [0.15, 0.2) is 11.5 Å². The first-order chi connectivity index (χ1) is 13.2. The van der Waals surface area contributed by atoms with Crippen molar-refractivity contribution in [2.24, 2.45) is 5.92 Å². The van der Waals surface area contributed by atoms with Crippen LogP contribution < -0.4 is 14.8 Å². The van der Waals surface area contributed by atoms with Gasteiger partial charge >= 0.3 is 0 Å². The highest BCUT2D eigenvalue weighted by Crippen LogP contribution is 2.50. The van der Waals surface area contributed by atoms with Gasteiger partial charge in [0.25, 0.3) is 5.91 Å². The van der Waals surface area contributed by atoms with Crippen LogP contribution in [0.1, 0.15) is 28.8 Å². The van der Waals surface area contributed by atoms with Crippen LogP contribution in [0.2, 0.25) is 0 Å². The molecule has 0 unspecified atom stereocenters. The maximum atomic E-state index is 13.1. The highest BCUT2D eigenvalue weighted by molar-refractivity contribution is 6.11. The summed E-state index contributed by atoms with van der Waals surface area (Å²) < 4.78 is 11.4. The van der Waals surface area contributed by atoms with Gasteiger partial charge in [-0.25, -0.2) is 0 Å². The zero-order valence-corrected chi connectivity index (χ0v) is 15.0. The van der Waals surface area contributed by atoms with E-state index in [2.05, 4.69) is 5.32 Å². The van der Waals surface area contributed by atoms with E-state index in [0.29, 0.717) is 35.3 Å². The van der Waals surface area contributed by atoms with Gasteiger partial charge in [0, 0.05) is 12.1 Å². The quantitative estimate of drug-likeness (QED) is 0.906. The maximum absolute atomic E-state index is 13.1. The summed E-state index contributed by atoms with van der Waals surface area (Å²) >= 11 is 0. The number of hydrogen-bond acceptors (Lipinski definition) is 4. The van der Waals surface area contributed by atoms with Gasteiger partial charge < -0.3 is 19.7 Å². The van der Waals surface area contributed by atoms with Crippen molar-refractivity contribution in [3.8, 4) is 11.5 Å². The number of nitrogens with one attached hydrogen (secondary N) is 1. The van der Waals surface area contributed by atoms with Crippen molar-refractivity contribution in [3.05, 3.63) is 53.6 Å². The molecule has 0 radical (unpaired) electrons. The van der Waals surface area contributed by atoms with Crippen LogP contribution in [0.4, 0.5) is 5.69 Å². The Hall–Kier alpha value is -3.02. The molecule has 2 heterocycles. The van der Waals surface area contributed by atoms with Crippen LogP contribution in [-0.4, -0.2) is 35.9 Å². The third-order valence-electron chi connectivity index (χ3n) is 5.67. The molecule has 6 nitrogen and oxygen atoms in total. The Morgan fingerprint density at radius 2 is 1.93 bits per heavy atom. The van der Waals surface area contributed by atoms with E-state index in [1.807, 2.05) is 30.3 Å². The number of fused-ring (bicyclic) bond motifs is 4. The van der Waals surface area contributed by atoms with Crippen LogP contribution in [0.25, 0.3) is 0 Å². The molecule has 0 spiro atoms. The predicted octanol–water partition coefficient (Wildman–Crippen LogP) is 2.83. The molecule has 1 saturated heterocycles. The van der Waals surface area contributed by atoms with Crippen LogP contribution in [0.5, 0.6) is 11.5 Å². The fraction of sp³-hybridized carbons (Fsp3) is 0.333. The number of benzene rings is 2. The lowest BCUT2D eigenvalue weighted by atomic mass is 10.1. The van der Waals surface area contributed by atoms with Gasteiger partial charge in [0.2, 0.25) is 5.91 Å². The standard InChI is InChI=1S/C21H20N2O4/c1-26-18-9-14-15(10-19(18)27-11-12-5-3-2-4-6-12)22-20(24)17-8-13-7-16(13)23(17)21(14)25/h2-6,9-10,13,16-17H,7-8,11H2,1H3,(H,22,24)/t13-,16-,17+/m1/s1. The zero-order chi connectivity index (χ0) is 18.5. The Bertz CT molecular complexity index is 927. The lowest BCUT2D eigenvalue weighted by Gasteiger charge is -2.23. The van der Waals surface area contributed by atoms with Crippen LogP contribution in [0, 0.1) is 5.92 Å². The molecule has 1 aliphatic carbocycles. The molecule has 1 N–H and O–H groups in total. The number of carbonyl (C=O) groups is 2. The molecule has 2 aromatic carbocycles. The van der Waals surface area contributed by atoms with Crippen LogP contribution in [0.3, 0.4) is 0 Å². The summed E-state index contributed by atoms with van der Waals surface area (Å²) in [6.07, 6.45) is 1.75. The first-order valence-corrected chi connectivity index (χ1v) is 9.18. The second-order valence-corrected chi connectivity index (χ2v) is 7.34. The number of nitrogens with zero attached hydrogens (tertiary/aromatic N) is 1. The van der Waals surface area contributed by atoms with Crippen molar-refractivity contribution in [3.63, 3.8) is 0 Å². The third-order valence-corrected chi connectivity index (χ3v) is 5.67. The first-order valence-electron chi connectivity index (χ1n) is 9.18. The van der Waals surface area contributed by atoms with Gasteiger partial charge in [-0.15, -0.1) is 0 Å². The lowest BCUT2D eigenvalue weighted by Crippen LogP contribution is -2.43. The van der Waals surface area contributed by atoms with Crippen LogP contribution in [0.15, 0.2) is 42.5 Å². The fourth-order valence-corrected chi connectivity index (χ4v) is 4.19. The highest BCUT2D eigenvalue weighted by atomic mass is 16.5. The van der Waals surface area contributed by atoms with E-state index in [1.165, 1.54) is 0 Å². The van der Waals surface area contributed by atoms with Gasteiger partial charge in [-0.05, 0) is 30.4 Å². The SMILES string of the molecule is COc1cc2c(cc1OCc1ccccc1)NC(=O)[C@@H]1C[C@H]3C[C@H]3N1C2=O. The van der Waals surface area contributed by atoms with Crippen molar-refractivity contribution in [2.45, 2.75) is 31.5 Å². The molecule has 0 aromatic heterocycles. The average molecular weight is 364 g/mol. The largest absolute Gasteiger partial charge is 0.493 e.